The number of halogens is 2. The highest BCUT2D eigenvalue weighted by atomic mass is 35.5. The first kappa shape index (κ1) is 14.3. The third kappa shape index (κ3) is 3.08. The zero-order valence-electron chi connectivity index (χ0n) is 10.8. The lowest BCUT2D eigenvalue weighted by Gasteiger charge is -2.09. The summed E-state index contributed by atoms with van der Waals surface area (Å²) >= 11 is 5.79. The summed E-state index contributed by atoms with van der Waals surface area (Å²) in [5.41, 5.74) is 7.76. The summed E-state index contributed by atoms with van der Waals surface area (Å²) in [6.07, 6.45) is 0. The largest absolute Gasteiger partial charge is 0.457 e. The molecule has 2 aromatic rings. The van der Waals surface area contributed by atoms with E-state index in [4.69, 9.17) is 22.1 Å². The Morgan fingerprint density at radius 3 is 2.80 bits per heavy atom. The standard InChI is InChI=1S/C15H13ClFNO2/c1-9-7-11(18)5-6-12(9)15(19)20-8-10-3-2-4-13(17)14(10)16/h2-7H,8,18H2,1H3. The molecule has 0 amide bonds. The molecular formula is C15H13ClFNO2. The average molecular weight is 294 g/mol. The second kappa shape index (κ2) is 5.92. The van der Waals surface area contributed by atoms with Gasteiger partial charge in [0.05, 0.1) is 10.6 Å². The minimum absolute atomic E-state index is 0.0330. The average Bonchev–Trinajstić information content (AvgIpc) is 2.40. The number of rotatable bonds is 3. The first-order chi connectivity index (χ1) is 9.49. The van der Waals surface area contributed by atoms with Crippen LogP contribution in [0.1, 0.15) is 21.5 Å². The zero-order valence-corrected chi connectivity index (χ0v) is 11.6. The number of carbonyl (C=O) groups is 1. The summed E-state index contributed by atoms with van der Waals surface area (Å²) in [4.78, 5) is 11.9. The van der Waals surface area contributed by atoms with Crippen LogP contribution in [0.3, 0.4) is 0 Å². The molecule has 0 aliphatic heterocycles. The quantitative estimate of drug-likeness (QED) is 0.693. The minimum atomic E-state index is -0.538. The fourth-order valence-electron chi connectivity index (χ4n) is 1.80. The highest BCUT2D eigenvalue weighted by Gasteiger charge is 2.12. The number of ether oxygens (including phenoxy) is 1. The number of hydrogen-bond acceptors (Lipinski definition) is 3. The van der Waals surface area contributed by atoms with E-state index in [1.807, 2.05) is 0 Å². The van der Waals surface area contributed by atoms with Crippen LogP contribution in [0.5, 0.6) is 0 Å². The summed E-state index contributed by atoms with van der Waals surface area (Å²) < 4.78 is 18.4. The van der Waals surface area contributed by atoms with Crippen LogP contribution in [-0.2, 0) is 11.3 Å². The van der Waals surface area contributed by atoms with Crippen molar-refractivity contribution in [1.82, 2.24) is 0 Å². The Hall–Kier alpha value is -2.07. The predicted molar refractivity (Wildman–Crippen MR) is 76.1 cm³/mol. The molecule has 0 saturated carbocycles. The maximum atomic E-state index is 13.2. The van der Waals surface area contributed by atoms with Crippen molar-refractivity contribution in [3.05, 3.63) is 63.9 Å². The molecule has 5 heteroatoms. The fourth-order valence-corrected chi connectivity index (χ4v) is 1.98. The van der Waals surface area contributed by atoms with Gasteiger partial charge in [-0.05, 0) is 36.8 Å². The molecule has 0 unspecified atom stereocenters. The molecule has 0 atom stereocenters. The van der Waals surface area contributed by atoms with Crippen LogP contribution in [0.2, 0.25) is 5.02 Å². The number of nitrogens with two attached hydrogens (primary N) is 1. The molecule has 0 aliphatic carbocycles. The van der Waals surface area contributed by atoms with Crippen molar-refractivity contribution in [2.45, 2.75) is 13.5 Å². The number of aryl methyl sites for hydroxylation is 1. The lowest BCUT2D eigenvalue weighted by molar-refractivity contribution is 0.0471. The predicted octanol–water partition coefficient (Wildman–Crippen LogP) is 3.73. The Balaban J connectivity index is 2.11. The normalized spacial score (nSPS) is 10.3. The number of benzene rings is 2. The molecule has 20 heavy (non-hydrogen) atoms. The number of nitrogen functional groups attached to an aromatic ring is 1. The SMILES string of the molecule is Cc1cc(N)ccc1C(=O)OCc1cccc(F)c1Cl. The van der Waals surface area contributed by atoms with Crippen molar-refractivity contribution >= 4 is 23.3 Å². The Kier molecular flexibility index (Phi) is 4.25. The molecule has 2 aromatic carbocycles. The monoisotopic (exact) mass is 293 g/mol. The molecule has 0 aromatic heterocycles. The summed E-state index contributed by atoms with van der Waals surface area (Å²) in [6, 6.07) is 9.27. The summed E-state index contributed by atoms with van der Waals surface area (Å²) in [5, 5.41) is -0.0330. The number of hydrogen-bond donors (Lipinski definition) is 1. The van der Waals surface area contributed by atoms with E-state index in [1.165, 1.54) is 12.1 Å². The summed E-state index contributed by atoms with van der Waals surface area (Å²) in [5.74, 6) is -1.04. The van der Waals surface area contributed by atoms with Crippen LogP contribution in [0.15, 0.2) is 36.4 Å². The van der Waals surface area contributed by atoms with Crippen LogP contribution in [0.4, 0.5) is 10.1 Å². The zero-order chi connectivity index (χ0) is 14.7. The molecule has 0 fully saturated rings. The minimum Gasteiger partial charge on any atom is -0.457 e. The Labute approximate surface area is 121 Å². The van der Waals surface area contributed by atoms with Gasteiger partial charge in [0.15, 0.2) is 0 Å². The van der Waals surface area contributed by atoms with Crippen LogP contribution in [-0.4, -0.2) is 5.97 Å². The van der Waals surface area contributed by atoms with Crippen LogP contribution in [0, 0.1) is 12.7 Å². The number of carbonyl (C=O) groups excluding carboxylic acids is 1. The van der Waals surface area contributed by atoms with Crippen molar-refractivity contribution in [2.24, 2.45) is 0 Å². The van der Waals surface area contributed by atoms with Gasteiger partial charge in [-0.2, -0.15) is 0 Å². The van der Waals surface area contributed by atoms with E-state index >= 15 is 0 Å². The van der Waals surface area contributed by atoms with Crippen molar-refractivity contribution in [3.8, 4) is 0 Å². The second-order valence-electron chi connectivity index (χ2n) is 4.36. The second-order valence-corrected chi connectivity index (χ2v) is 4.74. The first-order valence-electron chi connectivity index (χ1n) is 5.95. The van der Waals surface area contributed by atoms with Crippen LogP contribution in [0.25, 0.3) is 0 Å². The number of anilines is 1. The molecule has 2 rings (SSSR count). The highest BCUT2D eigenvalue weighted by Crippen LogP contribution is 2.21. The van der Waals surface area contributed by atoms with E-state index in [2.05, 4.69) is 0 Å². The van der Waals surface area contributed by atoms with E-state index in [0.29, 0.717) is 16.8 Å². The van der Waals surface area contributed by atoms with Crippen LogP contribution >= 0.6 is 11.6 Å². The maximum absolute atomic E-state index is 13.2. The molecule has 0 spiro atoms. The van der Waals surface area contributed by atoms with Crippen molar-refractivity contribution in [2.75, 3.05) is 5.73 Å². The van der Waals surface area contributed by atoms with E-state index in [1.54, 1.807) is 31.2 Å². The van der Waals surface area contributed by atoms with Gasteiger partial charge in [-0.15, -0.1) is 0 Å². The van der Waals surface area contributed by atoms with E-state index < -0.39 is 11.8 Å². The molecular weight excluding hydrogens is 281 g/mol. The highest BCUT2D eigenvalue weighted by molar-refractivity contribution is 6.31. The van der Waals surface area contributed by atoms with Gasteiger partial charge < -0.3 is 10.5 Å². The molecule has 104 valence electrons. The first-order valence-corrected chi connectivity index (χ1v) is 6.33. The fraction of sp³-hybridized carbons (Fsp3) is 0.133. The summed E-state index contributed by atoms with van der Waals surface area (Å²) in [7, 11) is 0. The molecule has 0 saturated heterocycles. The van der Waals surface area contributed by atoms with Crippen LogP contribution < -0.4 is 5.73 Å². The van der Waals surface area contributed by atoms with Gasteiger partial charge in [-0.25, -0.2) is 9.18 Å². The van der Waals surface area contributed by atoms with Crippen molar-refractivity contribution in [3.63, 3.8) is 0 Å². The third-order valence-electron chi connectivity index (χ3n) is 2.86. The van der Waals surface area contributed by atoms with E-state index in [9.17, 15) is 9.18 Å². The van der Waals surface area contributed by atoms with Crippen molar-refractivity contribution in [1.29, 1.82) is 0 Å². The third-order valence-corrected chi connectivity index (χ3v) is 3.28. The Bertz CT molecular complexity index is 658. The Morgan fingerprint density at radius 1 is 1.35 bits per heavy atom. The molecule has 2 N–H and O–H groups in total. The van der Waals surface area contributed by atoms with Gasteiger partial charge in [0.2, 0.25) is 0 Å². The number of esters is 1. The molecule has 0 radical (unpaired) electrons. The molecule has 3 nitrogen and oxygen atoms in total. The van der Waals surface area contributed by atoms with Gasteiger partial charge in [0.1, 0.15) is 12.4 Å². The smallest absolute Gasteiger partial charge is 0.338 e. The molecule has 0 heterocycles. The van der Waals surface area contributed by atoms with Gasteiger partial charge in [0.25, 0.3) is 0 Å². The van der Waals surface area contributed by atoms with Crippen molar-refractivity contribution < 1.29 is 13.9 Å². The van der Waals surface area contributed by atoms with Gasteiger partial charge >= 0.3 is 5.97 Å². The lowest BCUT2D eigenvalue weighted by Crippen LogP contribution is -2.08. The topological polar surface area (TPSA) is 52.3 Å². The van der Waals surface area contributed by atoms with Gasteiger partial charge in [0, 0.05) is 11.3 Å². The Morgan fingerprint density at radius 2 is 2.10 bits per heavy atom. The lowest BCUT2D eigenvalue weighted by atomic mass is 10.1. The molecule has 0 aliphatic rings. The van der Waals surface area contributed by atoms with E-state index in [0.717, 1.165) is 5.56 Å². The molecule has 0 bridgehead atoms. The van der Waals surface area contributed by atoms with Gasteiger partial charge in [-0.3, -0.25) is 0 Å². The van der Waals surface area contributed by atoms with Gasteiger partial charge in [-0.1, -0.05) is 23.7 Å². The summed E-state index contributed by atoms with van der Waals surface area (Å²) in [6.45, 7) is 1.68. The maximum Gasteiger partial charge on any atom is 0.338 e. The van der Waals surface area contributed by atoms with E-state index in [-0.39, 0.29) is 11.6 Å².